The third-order valence-electron chi connectivity index (χ3n) is 4.19. The van der Waals surface area contributed by atoms with E-state index >= 15 is 0 Å². The van der Waals surface area contributed by atoms with Crippen molar-refractivity contribution in [2.45, 2.75) is 19.8 Å². The number of unbranched alkanes of at least 4 members (excludes halogenated alkanes) is 1. The fourth-order valence-corrected chi connectivity index (χ4v) is 2.42. The lowest BCUT2D eigenvalue weighted by atomic mass is 10.2. The Labute approximate surface area is 187 Å². The maximum atomic E-state index is 12.2. The Morgan fingerprint density at radius 3 is 2.06 bits per heavy atom. The Morgan fingerprint density at radius 1 is 0.875 bits per heavy atom. The summed E-state index contributed by atoms with van der Waals surface area (Å²) in [5.74, 6) is -0.336. The second kappa shape index (κ2) is 12.7. The van der Waals surface area contributed by atoms with Gasteiger partial charge < -0.3 is 18.9 Å². The maximum absolute atomic E-state index is 12.2. The van der Waals surface area contributed by atoms with E-state index in [4.69, 9.17) is 18.9 Å². The van der Waals surface area contributed by atoms with E-state index in [0.717, 1.165) is 5.56 Å². The Balaban J connectivity index is 1.71. The van der Waals surface area contributed by atoms with Crippen LogP contribution in [-0.4, -0.2) is 38.2 Å². The molecule has 0 unspecified atom stereocenters. The summed E-state index contributed by atoms with van der Waals surface area (Å²) in [7, 11) is 1.55. The highest BCUT2D eigenvalue weighted by atomic mass is 16.5. The number of esters is 3. The first-order chi connectivity index (χ1) is 15.4. The predicted molar refractivity (Wildman–Crippen MR) is 119 cm³/mol. The lowest BCUT2D eigenvalue weighted by Gasteiger charge is -2.06. The maximum Gasteiger partial charge on any atom is 0.343 e. The average Bonchev–Trinajstić information content (AvgIpc) is 2.80. The molecule has 2 aromatic carbocycles. The van der Waals surface area contributed by atoms with Gasteiger partial charge in [0, 0.05) is 11.6 Å². The van der Waals surface area contributed by atoms with Crippen LogP contribution in [-0.2, 0) is 19.1 Å². The second-order valence-corrected chi connectivity index (χ2v) is 6.81. The highest BCUT2D eigenvalue weighted by molar-refractivity contribution is 5.91. The van der Waals surface area contributed by atoms with E-state index in [-0.39, 0.29) is 13.2 Å². The Bertz CT molecular complexity index is 957. The molecule has 0 heterocycles. The molecule has 7 heteroatoms. The van der Waals surface area contributed by atoms with Crippen LogP contribution in [0.1, 0.15) is 35.7 Å². The van der Waals surface area contributed by atoms with Gasteiger partial charge in [-0.3, -0.25) is 0 Å². The van der Waals surface area contributed by atoms with Crippen LogP contribution < -0.4 is 9.47 Å². The van der Waals surface area contributed by atoms with Gasteiger partial charge in [0.1, 0.15) is 11.5 Å². The van der Waals surface area contributed by atoms with Crippen LogP contribution >= 0.6 is 0 Å². The quantitative estimate of drug-likeness (QED) is 0.223. The molecule has 0 N–H and O–H groups in total. The smallest absolute Gasteiger partial charge is 0.343 e. The Morgan fingerprint density at radius 2 is 1.47 bits per heavy atom. The predicted octanol–water partition coefficient (Wildman–Crippen LogP) is 4.37. The zero-order valence-electron chi connectivity index (χ0n) is 18.2. The molecule has 168 valence electrons. The topological polar surface area (TPSA) is 88.1 Å². The van der Waals surface area contributed by atoms with Crippen LogP contribution in [0.3, 0.4) is 0 Å². The lowest BCUT2D eigenvalue weighted by Crippen LogP contribution is -2.08. The number of benzene rings is 2. The molecule has 0 spiro atoms. The number of methoxy groups -OCH3 is 1. The number of rotatable bonds is 11. The van der Waals surface area contributed by atoms with Crippen molar-refractivity contribution in [3.63, 3.8) is 0 Å². The number of hydrogen-bond acceptors (Lipinski definition) is 7. The summed E-state index contributed by atoms with van der Waals surface area (Å²) in [5, 5.41) is 0. The molecule has 2 rings (SSSR count). The van der Waals surface area contributed by atoms with Gasteiger partial charge in [-0.1, -0.05) is 18.7 Å². The van der Waals surface area contributed by atoms with Crippen LogP contribution in [0.5, 0.6) is 11.5 Å². The van der Waals surface area contributed by atoms with Gasteiger partial charge in [-0.15, -0.1) is 0 Å². The SMILES string of the molecule is C=C(C)C(=O)OCCCCOC(=O)C=Cc1ccc(OC(=O)c2ccc(OC)cc2)cc1. The van der Waals surface area contributed by atoms with Crippen LogP contribution in [0.25, 0.3) is 6.08 Å². The van der Waals surface area contributed by atoms with Gasteiger partial charge in [0.05, 0.1) is 25.9 Å². The molecule has 0 bridgehead atoms. The van der Waals surface area contributed by atoms with E-state index in [1.807, 2.05) is 0 Å². The molecule has 2 aromatic rings. The molecule has 0 aliphatic carbocycles. The second-order valence-electron chi connectivity index (χ2n) is 6.81. The van der Waals surface area contributed by atoms with Crippen molar-refractivity contribution in [2.24, 2.45) is 0 Å². The third-order valence-corrected chi connectivity index (χ3v) is 4.19. The Hall–Kier alpha value is -3.87. The number of hydrogen-bond donors (Lipinski definition) is 0. The zero-order chi connectivity index (χ0) is 23.3. The van der Waals surface area contributed by atoms with Crippen molar-refractivity contribution >= 4 is 24.0 Å². The largest absolute Gasteiger partial charge is 0.497 e. The van der Waals surface area contributed by atoms with Gasteiger partial charge in [-0.2, -0.15) is 0 Å². The van der Waals surface area contributed by atoms with Crippen molar-refractivity contribution in [2.75, 3.05) is 20.3 Å². The van der Waals surface area contributed by atoms with E-state index in [0.29, 0.717) is 35.5 Å². The fourth-order valence-electron chi connectivity index (χ4n) is 2.42. The molecule has 32 heavy (non-hydrogen) atoms. The minimum Gasteiger partial charge on any atom is -0.497 e. The van der Waals surface area contributed by atoms with Gasteiger partial charge in [0.2, 0.25) is 0 Å². The molecular formula is C25H26O7. The van der Waals surface area contributed by atoms with E-state index in [1.165, 1.54) is 6.08 Å². The molecule has 0 aliphatic heterocycles. The summed E-state index contributed by atoms with van der Waals surface area (Å²) < 4.78 is 20.5. The molecule has 0 aliphatic rings. The van der Waals surface area contributed by atoms with Gasteiger partial charge in [-0.25, -0.2) is 14.4 Å². The van der Waals surface area contributed by atoms with Gasteiger partial charge in [0.15, 0.2) is 0 Å². The van der Waals surface area contributed by atoms with Gasteiger partial charge in [-0.05, 0) is 67.8 Å². The molecule has 0 radical (unpaired) electrons. The summed E-state index contributed by atoms with van der Waals surface area (Å²) >= 11 is 0. The minimum absolute atomic E-state index is 0.230. The van der Waals surface area contributed by atoms with Crippen molar-refractivity contribution in [3.8, 4) is 11.5 Å². The fraction of sp³-hybridized carbons (Fsp3) is 0.240. The number of carbonyl (C=O) groups is 3. The van der Waals surface area contributed by atoms with Crippen molar-refractivity contribution in [1.29, 1.82) is 0 Å². The summed E-state index contributed by atoms with van der Waals surface area (Å²) in [6, 6.07) is 13.3. The number of ether oxygens (including phenoxy) is 4. The molecular weight excluding hydrogens is 412 g/mol. The molecule has 0 saturated carbocycles. The standard InChI is InChI=1S/C25H26O7/c1-18(2)24(27)31-17-5-4-16-30-23(26)15-8-19-6-11-22(12-7-19)32-25(28)20-9-13-21(29-3)14-10-20/h6-15H,1,4-5,16-17H2,2-3H3. The average molecular weight is 438 g/mol. The van der Waals surface area contributed by atoms with Crippen LogP contribution in [0.2, 0.25) is 0 Å². The van der Waals surface area contributed by atoms with E-state index in [9.17, 15) is 14.4 Å². The normalized spacial score (nSPS) is 10.4. The third kappa shape index (κ3) is 8.47. The number of carbonyl (C=O) groups excluding carboxylic acids is 3. The first-order valence-electron chi connectivity index (χ1n) is 10.0. The van der Waals surface area contributed by atoms with Crippen LogP contribution in [0, 0.1) is 0 Å². The summed E-state index contributed by atoms with van der Waals surface area (Å²) in [6.07, 6.45) is 4.09. The highest BCUT2D eigenvalue weighted by Crippen LogP contribution is 2.17. The van der Waals surface area contributed by atoms with E-state index in [2.05, 4.69) is 6.58 Å². The van der Waals surface area contributed by atoms with Gasteiger partial charge >= 0.3 is 17.9 Å². The minimum atomic E-state index is -0.478. The van der Waals surface area contributed by atoms with Crippen LogP contribution in [0.4, 0.5) is 0 Å². The molecule has 0 atom stereocenters. The first kappa shape index (κ1) is 24.4. The monoisotopic (exact) mass is 438 g/mol. The zero-order valence-corrected chi connectivity index (χ0v) is 18.2. The summed E-state index contributed by atoms with van der Waals surface area (Å²) in [5.41, 5.74) is 1.51. The van der Waals surface area contributed by atoms with E-state index in [1.54, 1.807) is 68.6 Å². The van der Waals surface area contributed by atoms with Crippen LogP contribution in [0.15, 0.2) is 66.8 Å². The molecule has 0 amide bonds. The van der Waals surface area contributed by atoms with Crippen molar-refractivity contribution in [3.05, 3.63) is 77.9 Å². The lowest BCUT2D eigenvalue weighted by molar-refractivity contribution is -0.140. The van der Waals surface area contributed by atoms with Crippen molar-refractivity contribution < 1.29 is 33.3 Å². The first-order valence-corrected chi connectivity index (χ1v) is 10.0. The summed E-state index contributed by atoms with van der Waals surface area (Å²) in [4.78, 5) is 35.2. The molecule has 7 nitrogen and oxygen atoms in total. The van der Waals surface area contributed by atoms with E-state index < -0.39 is 17.9 Å². The van der Waals surface area contributed by atoms with Gasteiger partial charge in [0.25, 0.3) is 0 Å². The molecule has 0 saturated heterocycles. The van der Waals surface area contributed by atoms with Crippen molar-refractivity contribution in [1.82, 2.24) is 0 Å². The summed E-state index contributed by atoms with van der Waals surface area (Å²) in [6.45, 7) is 5.57. The Kier molecular flexibility index (Phi) is 9.71. The molecule has 0 aromatic heterocycles. The highest BCUT2D eigenvalue weighted by Gasteiger charge is 2.08. The molecule has 0 fully saturated rings.